The van der Waals surface area contributed by atoms with Gasteiger partial charge in [-0.05, 0) is 25.7 Å². The van der Waals surface area contributed by atoms with Crippen molar-refractivity contribution in [3.8, 4) is 0 Å². The summed E-state index contributed by atoms with van der Waals surface area (Å²) in [4.78, 5) is 2.73. The number of piperazine rings is 1. The molecule has 0 amide bonds. The maximum Gasteiger partial charge on any atom is 0.0198 e. The molecule has 2 nitrogen and oxygen atoms in total. The van der Waals surface area contributed by atoms with Gasteiger partial charge in [0.2, 0.25) is 0 Å². The van der Waals surface area contributed by atoms with Gasteiger partial charge in [-0.15, -0.1) is 0 Å². The van der Waals surface area contributed by atoms with Gasteiger partial charge in [-0.1, -0.05) is 20.3 Å². The first kappa shape index (κ1) is 10.4. The molecule has 0 radical (unpaired) electrons. The van der Waals surface area contributed by atoms with Gasteiger partial charge >= 0.3 is 0 Å². The molecule has 2 atom stereocenters. The van der Waals surface area contributed by atoms with Crippen LogP contribution >= 0.6 is 0 Å². The molecular formula is C12H24N2. The highest BCUT2D eigenvalue weighted by Gasteiger charge is 2.31. The van der Waals surface area contributed by atoms with E-state index in [1.807, 2.05) is 0 Å². The lowest BCUT2D eigenvalue weighted by Gasteiger charge is -2.45. The molecule has 2 heterocycles. The maximum absolute atomic E-state index is 3.74. The Morgan fingerprint density at radius 2 is 1.71 bits per heavy atom. The van der Waals surface area contributed by atoms with Gasteiger partial charge in [0.25, 0.3) is 0 Å². The average molecular weight is 196 g/mol. The molecule has 0 spiro atoms. The van der Waals surface area contributed by atoms with Crippen molar-refractivity contribution >= 4 is 0 Å². The lowest BCUT2D eigenvalue weighted by atomic mass is 9.92. The standard InChI is InChI=1S/C12H24N2/c1-3-12(4-2)14-8-10-6-5-7-11(9-14)13-10/h10-13H,3-9H2,1-2H3. The molecule has 1 N–H and O–H groups in total. The Kier molecular flexibility index (Phi) is 3.45. The molecule has 2 bridgehead atoms. The first-order valence-corrected chi connectivity index (χ1v) is 6.33. The molecule has 2 unspecified atom stereocenters. The predicted molar refractivity (Wildman–Crippen MR) is 60.5 cm³/mol. The second kappa shape index (κ2) is 4.63. The lowest BCUT2D eigenvalue weighted by molar-refractivity contribution is 0.0826. The third-order valence-corrected chi connectivity index (χ3v) is 3.95. The Morgan fingerprint density at radius 3 is 2.21 bits per heavy atom. The fourth-order valence-corrected chi connectivity index (χ4v) is 3.14. The highest BCUT2D eigenvalue weighted by Crippen LogP contribution is 2.22. The number of fused-ring (bicyclic) bond motifs is 2. The number of hydrogen-bond acceptors (Lipinski definition) is 2. The molecule has 0 aromatic carbocycles. The fourth-order valence-electron chi connectivity index (χ4n) is 3.14. The average Bonchev–Trinajstić information content (AvgIpc) is 2.19. The van der Waals surface area contributed by atoms with Crippen molar-refractivity contribution in [2.45, 2.75) is 64.1 Å². The van der Waals surface area contributed by atoms with Crippen molar-refractivity contribution in [2.75, 3.05) is 13.1 Å². The van der Waals surface area contributed by atoms with E-state index in [2.05, 4.69) is 24.1 Å². The Labute approximate surface area is 88.1 Å². The van der Waals surface area contributed by atoms with E-state index < -0.39 is 0 Å². The van der Waals surface area contributed by atoms with Crippen LogP contribution in [0.25, 0.3) is 0 Å². The summed E-state index contributed by atoms with van der Waals surface area (Å²) in [5.41, 5.74) is 0. The summed E-state index contributed by atoms with van der Waals surface area (Å²) in [6.07, 6.45) is 6.87. The van der Waals surface area contributed by atoms with E-state index >= 15 is 0 Å². The number of likely N-dealkylation sites (tertiary alicyclic amines) is 1. The molecular weight excluding hydrogens is 172 g/mol. The summed E-state index contributed by atoms with van der Waals surface area (Å²) in [6, 6.07) is 2.42. The normalized spacial score (nSPS) is 33.6. The number of nitrogens with one attached hydrogen (secondary N) is 1. The summed E-state index contributed by atoms with van der Waals surface area (Å²) < 4.78 is 0. The minimum atomic E-state index is 0.795. The highest BCUT2D eigenvalue weighted by molar-refractivity contribution is 4.91. The van der Waals surface area contributed by atoms with Crippen molar-refractivity contribution in [1.82, 2.24) is 10.2 Å². The summed E-state index contributed by atoms with van der Waals surface area (Å²) in [6.45, 7) is 7.24. The van der Waals surface area contributed by atoms with Crippen LogP contribution in [0.2, 0.25) is 0 Å². The monoisotopic (exact) mass is 196 g/mol. The first-order valence-electron chi connectivity index (χ1n) is 6.33. The van der Waals surface area contributed by atoms with Crippen LogP contribution in [-0.4, -0.2) is 36.1 Å². The second-order valence-corrected chi connectivity index (χ2v) is 4.92. The SMILES string of the molecule is CCC(CC)N1CC2CCCC(C1)N2. The van der Waals surface area contributed by atoms with Crippen LogP contribution in [0.5, 0.6) is 0 Å². The Hall–Kier alpha value is -0.0800. The molecule has 0 aromatic rings. The predicted octanol–water partition coefficient (Wildman–Crippen LogP) is 2.00. The summed E-state index contributed by atoms with van der Waals surface area (Å²) in [7, 11) is 0. The van der Waals surface area contributed by atoms with E-state index in [4.69, 9.17) is 0 Å². The van der Waals surface area contributed by atoms with Crippen LogP contribution in [0.3, 0.4) is 0 Å². The van der Waals surface area contributed by atoms with Crippen LogP contribution in [0, 0.1) is 0 Å². The molecule has 2 saturated heterocycles. The molecule has 2 aliphatic heterocycles. The van der Waals surface area contributed by atoms with Gasteiger partial charge in [-0.25, -0.2) is 0 Å². The van der Waals surface area contributed by atoms with Crippen LogP contribution in [0.15, 0.2) is 0 Å². The zero-order chi connectivity index (χ0) is 9.97. The van der Waals surface area contributed by atoms with Crippen LogP contribution in [0.4, 0.5) is 0 Å². The van der Waals surface area contributed by atoms with Crippen molar-refractivity contribution in [2.24, 2.45) is 0 Å². The summed E-state index contributed by atoms with van der Waals surface area (Å²) in [5.74, 6) is 0. The van der Waals surface area contributed by atoms with E-state index in [1.165, 1.54) is 45.2 Å². The molecule has 2 aliphatic rings. The van der Waals surface area contributed by atoms with E-state index in [0.29, 0.717) is 0 Å². The van der Waals surface area contributed by atoms with Gasteiger partial charge in [0, 0.05) is 31.2 Å². The minimum Gasteiger partial charge on any atom is -0.309 e. The zero-order valence-electron chi connectivity index (χ0n) is 9.63. The molecule has 0 saturated carbocycles. The van der Waals surface area contributed by atoms with Crippen LogP contribution in [0.1, 0.15) is 46.0 Å². The minimum absolute atomic E-state index is 0.795. The number of rotatable bonds is 3. The topological polar surface area (TPSA) is 15.3 Å². The number of piperidine rings is 1. The molecule has 2 heteroatoms. The Bertz CT molecular complexity index is 165. The maximum atomic E-state index is 3.74. The summed E-state index contributed by atoms with van der Waals surface area (Å²) in [5, 5.41) is 3.74. The second-order valence-electron chi connectivity index (χ2n) is 4.92. The third-order valence-electron chi connectivity index (χ3n) is 3.95. The van der Waals surface area contributed by atoms with E-state index in [0.717, 1.165) is 18.1 Å². The molecule has 0 aromatic heterocycles. The van der Waals surface area contributed by atoms with Gasteiger partial charge < -0.3 is 5.32 Å². The number of hydrogen-bond donors (Lipinski definition) is 1. The van der Waals surface area contributed by atoms with Crippen molar-refractivity contribution in [1.29, 1.82) is 0 Å². The summed E-state index contributed by atoms with van der Waals surface area (Å²) >= 11 is 0. The van der Waals surface area contributed by atoms with E-state index in [9.17, 15) is 0 Å². The van der Waals surface area contributed by atoms with Gasteiger partial charge in [-0.3, -0.25) is 4.90 Å². The third kappa shape index (κ3) is 2.12. The van der Waals surface area contributed by atoms with E-state index in [-0.39, 0.29) is 0 Å². The Balaban J connectivity index is 1.94. The van der Waals surface area contributed by atoms with Gasteiger partial charge in [0.1, 0.15) is 0 Å². The molecule has 0 aliphatic carbocycles. The zero-order valence-corrected chi connectivity index (χ0v) is 9.63. The van der Waals surface area contributed by atoms with Crippen molar-refractivity contribution < 1.29 is 0 Å². The van der Waals surface area contributed by atoms with Gasteiger partial charge in [0.15, 0.2) is 0 Å². The molecule has 2 rings (SSSR count). The number of nitrogens with zero attached hydrogens (tertiary/aromatic N) is 1. The van der Waals surface area contributed by atoms with Gasteiger partial charge in [-0.2, -0.15) is 0 Å². The van der Waals surface area contributed by atoms with Crippen LogP contribution < -0.4 is 5.32 Å². The van der Waals surface area contributed by atoms with Crippen molar-refractivity contribution in [3.05, 3.63) is 0 Å². The Morgan fingerprint density at radius 1 is 1.14 bits per heavy atom. The smallest absolute Gasteiger partial charge is 0.0198 e. The molecule has 14 heavy (non-hydrogen) atoms. The van der Waals surface area contributed by atoms with E-state index in [1.54, 1.807) is 0 Å². The highest BCUT2D eigenvalue weighted by atomic mass is 15.2. The largest absolute Gasteiger partial charge is 0.309 e. The van der Waals surface area contributed by atoms with Crippen LogP contribution in [-0.2, 0) is 0 Å². The first-order chi connectivity index (χ1) is 6.83. The molecule has 82 valence electrons. The van der Waals surface area contributed by atoms with Crippen molar-refractivity contribution in [3.63, 3.8) is 0 Å². The fraction of sp³-hybridized carbons (Fsp3) is 1.00. The quantitative estimate of drug-likeness (QED) is 0.743. The van der Waals surface area contributed by atoms with Gasteiger partial charge in [0.05, 0.1) is 0 Å². The molecule has 2 fully saturated rings. The lowest BCUT2D eigenvalue weighted by Crippen LogP contribution is -2.60.